The minimum Gasteiger partial charge on any atom is -0.337 e. The maximum absolute atomic E-state index is 13.9. The number of nitrogens with zero attached hydrogens (tertiary/aromatic N) is 2. The van der Waals surface area contributed by atoms with Crippen LogP contribution in [0.1, 0.15) is 50.5 Å². The van der Waals surface area contributed by atoms with Crippen LogP contribution in [0.15, 0.2) is 18.2 Å². The Balaban J connectivity index is 1.41. The van der Waals surface area contributed by atoms with Crippen LogP contribution in [0.5, 0.6) is 0 Å². The van der Waals surface area contributed by atoms with Gasteiger partial charge in [-0.3, -0.25) is 19.3 Å². The topological polar surface area (TPSA) is 57.7 Å². The molecule has 3 aliphatic rings. The maximum atomic E-state index is 13.9. The molecule has 2 atom stereocenters. The van der Waals surface area contributed by atoms with Crippen molar-refractivity contribution in [1.29, 1.82) is 0 Å². The summed E-state index contributed by atoms with van der Waals surface area (Å²) in [6.45, 7) is 0. The third kappa shape index (κ3) is 3.35. The van der Waals surface area contributed by atoms with Gasteiger partial charge in [-0.2, -0.15) is 0 Å². The van der Waals surface area contributed by atoms with Gasteiger partial charge in [-0.15, -0.1) is 0 Å². The lowest BCUT2D eigenvalue weighted by atomic mass is 9.95. The molecule has 144 valence electrons. The number of carbonyl (C=O) groups is 3. The Morgan fingerprint density at radius 1 is 1.07 bits per heavy atom. The molecule has 0 aromatic heterocycles. The molecule has 1 aromatic rings. The van der Waals surface area contributed by atoms with Crippen molar-refractivity contribution in [2.24, 2.45) is 0 Å². The van der Waals surface area contributed by atoms with E-state index in [1.807, 2.05) is 4.90 Å². The van der Waals surface area contributed by atoms with E-state index in [1.165, 1.54) is 11.0 Å². The summed E-state index contributed by atoms with van der Waals surface area (Å²) < 4.78 is 13.9. The smallest absolute Gasteiger partial charge is 0.229 e. The minimum absolute atomic E-state index is 0.000607. The summed E-state index contributed by atoms with van der Waals surface area (Å²) in [5.74, 6) is -0.556. The number of amides is 3. The van der Waals surface area contributed by atoms with Crippen LogP contribution in [0.3, 0.4) is 0 Å². The van der Waals surface area contributed by atoms with Gasteiger partial charge in [0.2, 0.25) is 17.7 Å². The van der Waals surface area contributed by atoms with Crippen molar-refractivity contribution in [3.63, 3.8) is 0 Å². The summed E-state index contributed by atoms with van der Waals surface area (Å²) in [5.41, 5.74) is 0.378. The number of hydrogen-bond acceptors (Lipinski definition) is 3. The zero-order valence-electron chi connectivity index (χ0n) is 15.0. The molecule has 0 saturated carbocycles. The van der Waals surface area contributed by atoms with Crippen molar-refractivity contribution >= 4 is 29.3 Å². The van der Waals surface area contributed by atoms with Crippen molar-refractivity contribution in [1.82, 2.24) is 9.80 Å². The van der Waals surface area contributed by atoms with E-state index < -0.39 is 0 Å². The summed E-state index contributed by atoms with van der Waals surface area (Å²) in [7, 11) is 0. The average molecular weight is 393 g/mol. The molecule has 27 heavy (non-hydrogen) atoms. The van der Waals surface area contributed by atoms with Crippen molar-refractivity contribution in [2.45, 2.75) is 69.5 Å². The van der Waals surface area contributed by atoms with Crippen LogP contribution in [0, 0.1) is 5.82 Å². The van der Waals surface area contributed by atoms with Gasteiger partial charge in [-0.05, 0) is 44.2 Å². The first-order chi connectivity index (χ1) is 13.0. The van der Waals surface area contributed by atoms with Crippen LogP contribution in [0.2, 0.25) is 5.02 Å². The number of benzene rings is 1. The summed E-state index contributed by atoms with van der Waals surface area (Å²) in [5, 5.41) is 0.343. The second-order valence-electron chi connectivity index (χ2n) is 7.67. The summed E-state index contributed by atoms with van der Waals surface area (Å²) in [4.78, 5) is 40.2. The molecule has 3 saturated heterocycles. The first-order valence-electron chi connectivity index (χ1n) is 9.54. The molecule has 3 fully saturated rings. The summed E-state index contributed by atoms with van der Waals surface area (Å²) in [6, 6.07) is 4.55. The van der Waals surface area contributed by atoms with Crippen molar-refractivity contribution in [3.05, 3.63) is 34.6 Å². The number of halogens is 2. The zero-order chi connectivity index (χ0) is 19.1. The maximum Gasteiger partial charge on any atom is 0.229 e. The summed E-state index contributed by atoms with van der Waals surface area (Å²) in [6.07, 6.45) is 4.17. The van der Waals surface area contributed by atoms with Gasteiger partial charge in [-0.25, -0.2) is 4.39 Å². The molecule has 3 heterocycles. The molecule has 3 aliphatic heterocycles. The highest BCUT2D eigenvalue weighted by molar-refractivity contribution is 6.31. The van der Waals surface area contributed by atoms with Crippen molar-refractivity contribution in [3.8, 4) is 0 Å². The standard InChI is InChI=1S/C20H22ClFN2O3/c21-16-2-1-3-17(22)15(16)6-7-18(25)23-12-4-5-13(23)11-14(10-12)24-19(26)8-9-20(24)27/h1-3,12-14H,4-11H2. The number of imide groups is 1. The predicted octanol–water partition coefficient (Wildman–Crippen LogP) is 3.08. The second kappa shape index (κ2) is 7.23. The van der Waals surface area contributed by atoms with Crippen LogP contribution in [-0.2, 0) is 20.8 Å². The van der Waals surface area contributed by atoms with Gasteiger partial charge in [0.1, 0.15) is 5.82 Å². The highest BCUT2D eigenvalue weighted by atomic mass is 35.5. The van der Waals surface area contributed by atoms with E-state index in [-0.39, 0.29) is 54.5 Å². The van der Waals surface area contributed by atoms with E-state index in [4.69, 9.17) is 11.6 Å². The second-order valence-corrected chi connectivity index (χ2v) is 8.08. The number of rotatable bonds is 4. The van der Waals surface area contributed by atoms with E-state index in [0.29, 0.717) is 36.3 Å². The van der Waals surface area contributed by atoms with Gasteiger partial charge < -0.3 is 4.90 Å². The minimum atomic E-state index is -0.386. The number of carbonyl (C=O) groups excluding carboxylic acids is 3. The number of hydrogen-bond donors (Lipinski definition) is 0. The molecule has 0 spiro atoms. The fourth-order valence-corrected chi connectivity index (χ4v) is 5.16. The molecule has 0 radical (unpaired) electrons. The molecule has 0 N–H and O–H groups in total. The van der Waals surface area contributed by atoms with Crippen LogP contribution in [-0.4, -0.2) is 45.6 Å². The molecule has 5 nitrogen and oxygen atoms in total. The van der Waals surface area contributed by atoms with Crippen LogP contribution in [0.4, 0.5) is 4.39 Å². The molecule has 7 heteroatoms. The first kappa shape index (κ1) is 18.4. The average Bonchev–Trinajstić information content (AvgIpc) is 3.10. The van der Waals surface area contributed by atoms with Gasteiger partial charge in [0, 0.05) is 48.0 Å². The lowest BCUT2D eigenvalue weighted by molar-refractivity contribution is -0.144. The summed E-state index contributed by atoms with van der Waals surface area (Å²) >= 11 is 6.05. The van der Waals surface area contributed by atoms with Gasteiger partial charge in [0.25, 0.3) is 0 Å². The largest absolute Gasteiger partial charge is 0.337 e. The Labute approximate surface area is 162 Å². The van der Waals surface area contributed by atoms with Crippen LogP contribution in [0.25, 0.3) is 0 Å². The third-order valence-corrected chi connectivity index (χ3v) is 6.46. The van der Waals surface area contributed by atoms with E-state index >= 15 is 0 Å². The highest BCUT2D eigenvalue weighted by Gasteiger charge is 2.47. The fourth-order valence-electron chi connectivity index (χ4n) is 4.90. The zero-order valence-corrected chi connectivity index (χ0v) is 15.8. The van der Waals surface area contributed by atoms with Gasteiger partial charge in [-0.1, -0.05) is 17.7 Å². The number of fused-ring (bicyclic) bond motifs is 2. The first-order valence-corrected chi connectivity index (χ1v) is 9.92. The Bertz CT molecular complexity index is 749. The molecule has 3 amide bonds. The Morgan fingerprint density at radius 2 is 1.70 bits per heavy atom. The molecule has 4 rings (SSSR count). The van der Waals surface area contributed by atoms with Gasteiger partial charge in [0.15, 0.2) is 0 Å². The van der Waals surface area contributed by atoms with Crippen molar-refractivity contribution in [2.75, 3.05) is 0 Å². The Kier molecular flexibility index (Phi) is 4.93. The predicted molar refractivity (Wildman–Crippen MR) is 97.5 cm³/mol. The van der Waals surface area contributed by atoms with Gasteiger partial charge >= 0.3 is 0 Å². The lowest BCUT2D eigenvalue weighted by Gasteiger charge is -2.41. The highest BCUT2D eigenvalue weighted by Crippen LogP contribution is 2.39. The normalized spacial score (nSPS) is 27.6. The third-order valence-electron chi connectivity index (χ3n) is 6.10. The number of piperidine rings is 1. The van der Waals surface area contributed by atoms with Crippen LogP contribution < -0.4 is 0 Å². The van der Waals surface area contributed by atoms with E-state index in [9.17, 15) is 18.8 Å². The molecule has 1 aromatic carbocycles. The van der Waals surface area contributed by atoms with Crippen molar-refractivity contribution < 1.29 is 18.8 Å². The van der Waals surface area contributed by atoms with E-state index in [1.54, 1.807) is 12.1 Å². The monoisotopic (exact) mass is 392 g/mol. The lowest BCUT2D eigenvalue weighted by Crippen LogP contribution is -2.53. The molecule has 0 aliphatic carbocycles. The quantitative estimate of drug-likeness (QED) is 0.740. The van der Waals surface area contributed by atoms with Gasteiger partial charge in [0.05, 0.1) is 0 Å². The number of likely N-dealkylation sites (tertiary alicyclic amines) is 1. The Morgan fingerprint density at radius 3 is 2.30 bits per heavy atom. The molecule has 2 unspecified atom stereocenters. The fraction of sp³-hybridized carbons (Fsp3) is 0.550. The van der Waals surface area contributed by atoms with Crippen LogP contribution >= 0.6 is 11.6 Å². The Hall–Kier alpha value is -1.95. The SMILES string of the molecule is O=C1CCC(=O)N1C1CC2CCC(C1)N2C(=O)CCc1c(F)cccc1Cl. The van der Waals surface area contributed by atoms with E-state index in [2.05, 4.69) is 0 Å². The molecular formula is C20H22ClFN2O3. The van der Waals surface area contributed by atoms with E-state index in [0.717, 1.165) is 12.8 Å². The molecule has 2 bridgehead atoms. The molecular weight excluding hydrogens is 371 g/mol.